The maximum atomic E-state index is 12.9. The average molecular weight is 535 g/mol. The molecule has 0 amide bonds. The lowest BCUT2D eigenvalue weighted by Gasteiger charge is -2.70. The summed E-state index contributed by atoms with van der Waals surface area (Å²) in [6.07, 6.45) is 3.27. The summed E-state index contributed by atoms with van der Waals surface area (Å²) in [5, 5.41) is 54.2. The predicted molar refractivity (Wildman–Crippen MR) is 140 cm³/mol. The molecule has 0 saturated heterocycles. The maximum Gasteiger partial charge on any atom is 0.313 e. The molecule has 4 aliphatic carbocycles. The van der Waals surface area contributed by atoms with Gasteiger partial charge in [-0.3, -0.25) is 14.4 Å². The van der Waals surface area contributed by atoms with Gasteiger partial charge in [-0.2, -0.15) is 0 Å². The molecule has 3 saturated carbocycles. The quantitative estimate of drug-likeness (QED) is 0.321. The highest BCUT2D eigenvalue weighted by Gasteiger charge is 2.73. The van der Waals surface area contributed by atoms with Crippen molar-refractivity contribution in [3.05, 3.63) is 11.6 Å². The number of rotatable bonds is 5. The lowest BCUT2D eigenvalue weighted by molar-refractivity contribution is -0.229. The van der Waals surface area contributed by atoms with E-state index in [4.69, 9.17) is 0 Å². The lowest BCUT2D eigenvalue weighted by atomic mass is 9.33. The fourth-order valence-corrected chi connectivity index (χ4v) is 10.2. The van der Waals surface area contributed by atoms with Crippen LogP contribution in [0.1, 0.15) is 93.4 Å². The minimum absolute atomic E-state index is 0.162. The molecule has 4 aliphatic rings. The first kappa shape index (κ1) is 29.1. The fraction of sp³-hybridized carbons (Fsp3) is 0.833. The number of aliphatic carboxylic acids is 3. The molecule has 0 unspecified atom stereocenters. The number of aliphatic hydroxyl groups excluding tert-OH is 1. The van der Waals surface area contributed by atoms with Gasteiger partial charge in [-0.25, -0.2) is 0 Å². The summed E-state index contributed by atoms with van der Waals surface area (Å²) >= 11 is 0. The van der Waals surface area contributed by atoms with Gasteiger partial charge in [0.25, 0.3) is 0 Å². The van der Waals surface area contributed by atoms with Gasteiger partial charge in [0.15, 0.2) is 0 Å². The Morgan fingerprint density at radius 1 is 1.03 bits per heavy atom. The lowest BCUT2D eigenvalue weighted by Crippen LogP contribution is -2.70. The van der Waals surface area contributed by atoms with Gasteiger partial charge in [0.05, 0.1) is 23.5 Å². The molecule has 0 radical (unpaired) electrons. The first-order valence-corrected chi connectivity index (χ1v) is 14.0. The van der Waals surface area contributed by atoms with E-state index in [0.717, 1.165) is 5.57 Å². The molecule has 5 N–H and O–H groups in total. The van der Waals surface area contributed by atoms with E-state index < -0.39 is 62.6 Å². The normalized spacial score (nSPS) is 48.7. The number of carboxylic acids is 3. The summed E-state index contributed by atoms with van der Waals surface area (Å²) in [5.41, 5.74) is -5.18. The van der Waals surface area contributed by atoms with Crippen LogP contribution in [0.5, 0.6) is 0 Å². The molecule has 0 heterocycles. The number of hydrogen-bond donors (Lipinski definition) is 5. The smallest absolute Gasteiger partial charge is 0.313 e. The molecule has 3 fully saturated rings. The molecule has 0 aromatic heterocycles. The third-order valence-electron chi connectivity index (χ3n) is 12.7. The van der Waals surface area contributed by atoms with Crippen molar-refractivity contribution in [2.75, 3.05) is 0 Å². The summed E-state index contributed by atoms with van der Waals surface area (Å²) in [7, 11) is 0. The van der Waals surface area contributed by atoms with Crippen LogP contribution in [0.25, 0.3) is 0 Å². The molecule has 38 heavy (non-hydrogen) atoms. The Hall–Kier alpha value is -1.93. The third-order valence-corrected chi connectivity index (χ3v) is 12.7. The number of fused-ring (bicyclic) bond motifs is 5. The van der Waals surface area contributed by atoms with Crippen LogP contribution < -0.4 is 0 Å². The Morgan fingerprint density at radius 3 is 2.16 bits per heavy atom. The van der Waals surface area contributed by atoms with Gasteiger partial charge < -0.3 is 25.5 Å². The van der Waals surface area contributed by atoms with Crippen LogP contribution >= 0.6 is 0 Å². The summed E-state index contributed by atoms with van der Waals surface area (Å²) in [5.74, 6) is -4.53. The van der Waals surface area contributed by atoms with E-state index in [0.29, 0.717) is 25.7 Å². The van der Waals surface area contributed by atoms with Crippen LogP contribution in [0, 0.1) is 50.7 Å². The molecule has 0 spiro atoms. The van der Waals surface area contributed by atoms with E-state index in [9.17, 15) is 39.9 Å². The fourth-order valence-electron chi connectivity index (χ4n) is 10.2. The molecule has 4 rings (SSSR count). The molecular weight excluding hydrogens is 488 g/mol. The molecule has 214 valence electrons. The molecule has 10 atom stereocenters. The number of allylic oxidation sites excluding steroid dienone is 1. The molecule has 0 aromatic rings. The van der Waals surface area contributed by atoms with Crippen LogP contribution in [0.2, 0.25) is 0 Å². The van der Waals surface area contributed by atoms with Gasteiger partial charge in [-0.15, -0.1) is 0 Å². The van der Waals surface area contributed by atoms with Crippen molar-refractivity contribution < 1.29 is 39.9 Å². The summed E-state index contributed by atoms with van der Waals surface area (Å²) < 4.78 is 0. The molecule has 8 heteroatoms. The number of aliphatic hydroxyl groups is 2. The van der Waals surface area contributed by atoms with Crippen molar-refractivity contribution in [3.63, 3.8) is 0 Å². The predicted octanol–water partition coefficient (Wildman–Crippen LogP) is 4.58. The van der Waals surface area contributed by atoms with E-state index in [-0.39, 0.29) is 37.0 Å². The first-order valence-electron chi connectivity index (χ1n) is 14.0. The van der Waals surface area contributed by atoms with Crippen molar-refractivity contribution in [1.29, 1.82) is 0 Å². The zero-order valence-electron chi connectivity index (χ0n) is 23.9. The SMILES string of the molecule is C[C@@H]1CC[C@]2(C(=O)O)[C@H](O)C[C@]3(C)C(=CC[C@@H]4[C@@](C)(CC(=O)O)[C@H](C(C)(C)C(=O)O)CC[C@]43C)[C@@H]2[C@]1(C)O. The Balaban J connectivity index is 1.94. The molecular formula is C30H46O8. The van der Waals surface area contributed by atoms with Crippen molar-refractivity contribution >= 4 is 17.9 Å². The monoisotopic (exact) mass is 534 g/mol. The highest BCUT2D eigenvalue weighted by atomic mass is 16.4. The largest absolute Gasteiger partial charge is 0.481 e. The number of hydrogen-bond acceptors (Lipinski definition) is 5. The van der Waals surface area contributed by atoms with Crippen LogP contribution in [0.4, 0.5) is 0 Å². The van der Waals surface area contributed by atoms with Crippen molar-refractivity contribution in [2.45, 2.75) is 105 Å². The molecule has 8 nitrogen and oxygen atoms in total. The minimum Gasteiger partial charge on any atom is -0.481 e. The molecule has 0 bridgehead atoms. The highest BCUT2D eigenvalue weighted by Crippen LogP contribution is 2.75. The first-order chi connectivity index (χ1) is 17.2. The topological polar surface area (TPSA) is 152 Å². The van der Waals surface area contributed by atoms with Crippen LogP contribution in [-0.2, 0) is 14.4 Å². The van der Waals surface area contributed by atoms with Crippen molar-refractivity contribution in [3.8, 4) is 0 Å². The minimum atomic E-state index is -1.49. The van der Waals surface area contributed by atoms with E-state index in [1.54, 1.807) is 20.8 Å². The number of carboxylic acid groups (broad SMARTS) is 3. The summed E-state index contributed by atoms with van der Waals surface area (Å²) in [6.45, 7) is 13.1. The molecule has 0 aliphatic heterocycles. The Kier molecular flexibility index (Phi) is 6.53. The van der Waals surface area contributed by atoms with Crippen LogP contribution in [0.15, 0.2) is 11.6 Å². The average Bonchev–Trinajstić information content (AvgIpc) is 2.76. The second-order valence-corrected chi connectivity index (χ2v) is 14.6. The second-order valence-electron chi connectivity index (χ2n) is 14.6. The Labute approximate surface area is 225 Å². The van der Waals surface area contributed by atoms with E-state index >= 15 is 0 Å². The maximum absolute atomic E-state index is 12.9. The van der Waals surface area contributed by atoms with Gasteiger partial charge in [0.1, 0.15) is 5.41 Å². The van der Waals surface area contributed by atoms with Crippen LogP contribution in [-0.4, -0.2) is 55.1 Å². The summed E-state index contributed by atoms with van der Waals surface area (Å²) in [4.78, 5) is 37.5. The van der Waals surface area contributed by atoms with Gasteiger partial charge in [0, 0.05) is 5.92 Å². The van der Waals surface area contributed by atoms with E-state index in [2.05, 4.69) is 13.8 Å². The number of carbonyl (C=O) groups is 3. The van der Waals surface area contributed by atoms with E-state index in [1.807, 2.05) is 19.9 Å². The molecule has 0 aromatic carbocycles. The Morgan fingerprint density at radius 2 is 1.63 bits per heavy atom. The van der Waals surface area contributed by atoms with Gasteiger partial charge in [0.2, 0.25) is 0 Å². The standard InChI is InChI=1S/C30H46O8/c1-16-10-13-30(24(36)37)20(31)14-28(6)17(22(30)29(16,7)38)8-9-19-26(4,15-21(32)33)18(11-12-27(19,28)5)25(2,3)23(34)35/h8,16,18-20,22,31,38H,9-15H2,1-7H3,(H,32,33)(H,34,35)(H,36,37)/t16-,18+,19-,20-,22-,26+,27-,28-,29-,30+/m1/s1. The van der Waals surface area contributed by atoms with Crippen molar-refractivity contribution in [1.82, 2.24) is 0 Å². The zero-order chi connectivity index (χ0) is 28.9. The Bertz CT molecular complexity index is 1080. The van der Waals surface area contributed by atoms with Gasteiger partial charge in [-0.05, 0) is 93.3 Å². The van der Waals surface area contributed by atoms with E-state index in [1.165, 1.54) is 0 Å². The van der Waals surface area contributed by atoms with Crippen molar-refractivity contribution in [2.24, 2.45) is 50.7 Å². The van der Waals surface area contributed by atoms with Crippen LogP contribution in [0.3, 0.4) is 0 Å². The third kappa shape index (κ3) is 3.44. The zero-order valence-corrected chi connectivity index (χ0v) is 23.9. The van der Waals surface area contributed by atoms with Gasteiger partial charge in [-0.1, -0.05) is 39.3 Å². The summed E-state index contributed by atoms with van der Waals surface area (Å²) in [6, 6.07) is 0. The van der Waals surface area contributed by atoms with Gasteiger partial charge >= 0.3 is 17.9 Å². The highest BCUT2D eigenvalue weighted by molar-refractivity contribution is 5.78. The second kappa shape index (κ2) is 8.53.